The number of halogens is 1. The summed E-state index contributed by atoms with van der Waals surface area (Å²) in [5.74, 6) is -0.00709. The fraction of sp³-hybridized carbons (Fsp3) is 0.185. The molecule has 1 heterocycles. The molecule has 1 atom stereocenters. The van der Waals surface area contributed by atoms with E-state index >= 15 is 0 Å². The number of ketones is 1. The highest BCUT2D eigenvalue weighted by atomic mass is 35.5. The molecule has 1 aliphatic heterocycles. The fourth-order valence-corrected chi connectivity index (χ4v) is 4.54. The first-order valence-corrected chi connectivity index (χ1v) is 10.7. The van der Waals surface area contributed by atoms with Crippen LogP contribution in [0.1, 0.15) is 46.8 Å². The predicted molar refractivity (Wildman–Crippen MR) is 130 cm³/mol. The van der Waals surface area contributed by atoms with Gasteiger partial charge in [-0.3, -0.25) is 14.5 Å². The zero-order valence-electron chi connectivity index (χ0n) is 17.9. The quantitative estimate of drug-likeness (QED) is 0.509. The molecule has 1 unspecified atom stereocenters. The summed E-state index contributed by atoms with van der Waals surface area (Å²) in [4.78, 5) is 29.0. The van der Waals surface area contributed by atoms with Crippen LogP contribution in [0.3, 0.4) is 0 Å². The van der Waals surface area contributed by atoms with Crippen LogP contribution in [0, 0.1) is 6.92 Å². The van der Waals surface area contributed by atoms with Crippen LogP contribution in [-0.2, 0) is 4.79 Å². The molecule has 3 aromatic rings. The number of fused-ring (bicyclic) bond motifs is 1. The number of allylic oxidation sites excluding steroid dienone is 1. The van der Waals surface area contributed by atoms with Gasteiger partial charge in [-0.25, -0.2) is 0 Å². The number of Topliss-reactive ketones (excluding diaryl/α,β-unsaturated/α-hetero) is 1. The van der Waals surface area contributed by atoms with E-state index in [1.165, 1.54) is 0 Å². The van der Waals surface area contributed by atoms with Crippen molar-refractivity contribution in [2.24, 2.45) is 0 Å². The van der Waals surface area contributed by atoms with E-state index in [0.717, 1.165) is 41.0 Å². The highest BCUT2D eigenvalue weighted by Gasteiger charge is 2.39. The SMILES string of the molecule is Cc1ccc(C(=O)N2c3ccccc3NC3=C(C(=O)CCC3)C2c2ccccc2)cc1.Cl. The highest BCUT2D eigenvalue weighted by Crippen LogP contribution is 2.45. The van der Waals surface area contributed by atoms with Crippen molar-refractivity contribution in [3.05, 3.63) is 107 Å². The van der Waals surface area contributed by atoms with Gasteiger partial charge in [0.05, 0.1) is 17.4 Å². The molecule has 1 amide bonds. The van der Waals surface area contributed by atoms with Crippen molar-refractivity contribution in [2.75, 3.05) is 10.2 Å². The van der Waals surface area contributed by atoms with Gasteiger partial charge in [-0.2, -0.15) is 0 Å². The average Bonchev–Trinajstić information content (AvgIpc) is 2.95. The first kappa shape index (κ1) is 21.8. The molecule has 0 radical (unpaired) electrons. The summed E-state index contributed by atoms with van der Waals surface area (Å²) in [5, 5.41) is 3.50. The Morgan fingerprint density at radius 1 is 0.906 bits per heavy atom. The molecule has 0 saturated carbocycles. The maximum atomic E-state index is 14.0. The lowest BCUT2D eigenvalue weighted by Crippen LogP contribution is -2.38. The summed E-state index contributed by atoms with van der Waals surface area (Å²) in [6.45, 7) is 2.00. The average molecular weight is 445 g/mol. The molecule has 162 valence electrons. The fourth-order valence-electron chi connectivity index (χ4n) is 4.54. The number of carbonyl (C=O) groups excluding carboxylic acids is 2. The Morgan fingerprint density at radius 3 is 2.34 bits per heavy atom. The Bertz CT molecular complexity index is 1190. The van der Waals surface area contributed by atoms with Crippen molar-refractivity contribution in [3.63, 3.8) is 0 Å². The molecule has 0 aromatic heterocycles. The maximum absolute atomic E-state index is 14.0. The lowest BCUT2D eigenvalue weighted by molar-refractivity contribution is -0.116. The Morgan fingerprint density at radius 2 is 1.59 bits per heavy atom. The van der Waals surface area contributed by atoms with Crippen LogP contribution in [0.15, 0.2) is 90.1 Å². The molecular weight excluding hydrogens is 420 g/mol. The van der Waals surface area contributed by atoms with Gasteiger partial charge in [-0.1, -0.05) is 60.2 Å². The zero-order valence-corrected chi connectivity index (χ0v) is 18.7. The van der Waals surface area contributed by atoms with Crippen molar-refractivity contribution in [3.8, 4) is 0 Å². The molecule has 32 heavy (non-hydrogen) atoms. The van der Waals surface area contributed by atoms with Gasteiger partial charge in [0, 0.05) is 23.3 Å². The van der Waals surface area contributed by atoms with E-state index in [-0.39, 0.29) is 24.1 Å². The topological polar surface area (TPSA) is 49.4 Å². The lowest BCUT2D eigenvalue weighted by Gasteiger charge is -2.34. The summed E-state index contributed by atoms with van der Waals surface area (Å²) in [7, 11) is 0. The molecule has 0 bridgehead atoms. The van der Waals surface area contributed by atoms with Crippen molar-refractivity contribution < 1.29 is 9.59 Å². The van der Waals surface area contributed by atoms with Gasteiger partial charge < -0.3 is 5.32 Å². The van der Waals surface area contributed by atoms with Crippen LogP contribution < -0.4 is 10.2 Å². The zero-order chi connectivity index (χ0) is 21.4. The number of nitrogens with zero attached hydrogens (tertiary/aromatic N) is 1. The Labute approximate surface area is 194 Å². The van der Waals surface area contributed by atoms with Gasteiger partial charge >= 0.3 is 0 Å². The van der Waals surface area contributed by atoms with Gasteiger partial charge in [0.25, 0.3) is 5.91 Å². The molecule has 4 nitrogen and oxygen atoms in total. The molecule has 1 N–H and O–H groups in total. The molecule has 3 aromatic carbocycles. The molecule has 0 saturated heterocycles. The van der Waals surface area contributed by atoms with E-state index < -0.39 is 6.04 Å². The van der Waals surface area contributed by atoms with Crippen molar-refractivity contribution in [1.29, 1.82) is 0 Å². The molecule has 0 spiro atoms. The van der Waals surface area contributed by atoms with Gasteiger partial charge in [0.2, 0.25) is 0 Å². The largest absolute Gasteiger partial charge is 0.357 e. The summed E-state index contributed by atoms with van der Waals surface area (Å²) >= 11 is 0. The van der Waals surface area contributed by atoms with Crippen LogP contribution in [-0.4, -0.2) is 11.7 Å². The van der Waals surface area contributed by atoms with E-state index in [1.807, 2.05) is 85.8 Å². The third-order valence-electron chi connectivity index (χ3n) is 6.07. The van der Waals surface area contributed by atoms with Crippen molar-refractivity contribution >= 4 is 35.5 Å². The summed E-state index contributed by atoms with van der Waals surface area (Å²) in [6, 6.07) is 24.8. The summed E-state index contributed by atoms with van der Waals surface area (Å²) in [5.41, 5.74) is 5.90. The standard InChI is InChI=1S/C27H24N2O2.ClH/c1-18-14-16-20(17-15-18)27(31)29-23-12-6-5-10-21(23)28-22-11-7-13-24(30)25(22)26(29)19-8-3-2-4-9-19;/h2-6,8-10,12,14-17,26,28H,7,11,13H2,1H3;1H. The number of amides is 1. The predicted octanol–water partition coefficient (Wildman–Crippen LogP) is 6.24. The number of aryl methyl sites for hydroxylation is 1. The van der Waals surface area contributed by atoms with Gasteiger partial charge in [0.1, 0.15) is 0 Å². The number of para-hydroxylation sites is 2. The molecule has 5 rings (SSSR count). The van der Waals surface area contributed by atoms with Crippen LogP contribution in [0.2, 0.25) is 0 Å². The van der Waals surface area contributed by atoms with Crippen molar-refractivity contribution in [2.45, 2.75) is 32.2 Å². The molecule has 1 aliphatic carbocycles. The molecular formula is C27H25ClN2O2. The van der Waals surface area contributed by atoms with Crippen LogP contribution in [0.25, 0.3) is 0 Å². The number of rotatable bonds is 2. The Balaban J connectivity index is 0.00000245. The van der Waals surface area contributed by atoms with Gasteiger partial charge in [0.15, 0.2) is 5.78 Å². The van der Waals surface area contributed by atoms with Gasteiger partial charge in [-0.05, 0) is 49.6 Å². The molecule has 2 aliphatic rings. The number of hydrogen-bond acceptors (Lipinski definition) is 3. The highest BCUT2D eigenvalue weighted by molar-refractivity contribution is 6.11. The number of anilines is 2. The monoisotopic (exact) mass is 444 g/mol. The minimum atomic E-state index is -0.478. The van der Waals surface area contributed by atoms with E-state index in [0.29, 0.717) is 17.6 Å². The first-order chi connectivity index (χ1) is 15.1. The third kappa shape index (κ3) is 3.82. The summed E-state index contributed by atoms with van der Waals surface area (Å²) < 4.78 is 0. The number of carbonyl (C=O) groups is 2. The second-order valence-corrected chi connectivity index (χ2v) is 8.17. The normalized spacial score (nSPS) is 17.5. The molecule has 5 heteroatoms. The van der Waals surface area contributed by atoms with E-state index in [9.17, 15) is 9.59 Å². The lowest BCUT2D eigenvalue weighted by atomic mass is 9.85. The Kier molecular flexibility index (Phi) is 6.15. The van der Waals surface area contributed by atoms with Crippen LogP contribution in [0.5, 0.6) is 0 Å². The van der Waals surface area contributed by atoms with E-state index in [1.54, 1.807) is 4.90 Å². The first-order valence-electron chi connectivity index (χ1n) is 10.7. The molecule has 0 fully saturated rings. The number of hydrogen-bond donors (Lipinski definition) is 1. The minimum absolute atomic E-state index is 0. The number of nitrogens with one attached hydrogen (secondary N) is 1. The van der Waals surface area contributed by atoms with Crippen molar-refractivity contribution in [1.82, 2.24) is 0 Å². The van der Waals surface area contributed by atoms with Crippen LogP contribution in [0.4, 0.5) is 11.4 Å². The number of benzene rings is 3. The van der Waals surface area contributed by atoms with Gasteiger partial charge in [-0.15, -0.1) is 12.4 Å². The second-order valence-electron chi connectivity index (χ2n) is 8.17. The smallest absolute Gasteiger partial charge is 0.259 e. The maximum Gasteiger partial charge on any atom is 0.259 e. The second kappa shape index (κ2) is 9.01. The summed E-state index contributed by atoms with van der Waals surface area (Å²) in [6.07, 6.45) is 2.12. The minimum Gasteiger partial charge on any atom is -0.357 e. The van der Waals surface area contributed by atoms with E-state index in [2.05, 4.69) is 5.32 Å². The third-order valence-corrected chi connectivity index (χ3v) is 6.07. The van der Waals surface area contributed by atoms with Crippen LogP contribution >= 0.6 is 12.4 Å². The van der Waals surface area contributed by atoms with E-state index in [4.69, 9.17) is 0 Å². The Hall–Kier alpha value is -3.37.